The normalized spacial score (nSPS) is 11.3. The number of aliphatic hydroxyl groups is 1. The van der Waals surface area contributed by atoms with Crippen molar-refractivity contribution in [1.29, 1.82) is 5.26 Å². The largest absolute Gasteiger partial charge is 0.394 e. The topological polar surface area (TPSA) is 73.9 Å². The number of rotatable bonds is 4. The Hall–Kier alpha value is -1.84. The number of aryl methyl sites for hydroxylation is 1. The zero-order chi connectivity index (χ0) is 14.0. The summed E-state index contributed by atoms with van der Waals surface area (Å²) in [6.45, 7) is 3.85. The molecule has 0 saturated carbocycles. The van der Waals surface area contributed by atoms with Gasteiger partial charge in [0.2, 0.25) is 0 Å². The average molecular weight is 276 g/mol. The van der Waals surface area contributed by atoms with Gasteiger partial charge in [-0.15, -0.1) is 11.3 Å². The Morgan fingerprint density at radius 3 is 2.89 bits per heavy atom. The molecule has 0 saturated heterocycles. The molecule has 5 nitrogen and oxygen atoms in total. The first kappa shape index (κ1) is 13.6. The first-order valence-electron chi connectivity index (χ1n) is 5.86. The Labute approximate surface area is 116 Å². The van der Waals surface area contributed by atoms with Gasteiger partial charge >= 0.3 is 0 Å². The molecule has 0 atom stereocenters. The summed E-state index contributed by atoms with van der Waals surface area (Å²) in [4.78, 5) is 4.49. The van der Waals surface area contributed by atoms with Gasteiger partial charge in [-0.2, -0.15) is 5.26 Å². The van der Waals surface area contributed by atoms with Crippen molar-refractivity contribution in [3.63, 3.8) is 0 Å². The number of aliphatic hydroxyl groups excluding tert-OH is 1. The molecule has 2 aromatic rings. The van der Waals surface area contributed by atoms with E-state index in [4.69, 9.17) is 5.26 Å². The van der Waals surface area contributed by atoms with Crippen molar-refractivity contribution >= 4 is 16.5 Å². The molecule has 0 fully saturated rings. The van der Waals surface area contributed by atoms with Gasteiger partial charge in [0.15, 0.2) is 5.13 Å². The zero-order valence-electron chi connectivity index (χ0n) is 11.1. The molecule has 2 aromatic heterocycles. The first-order valence-corrected chi connectivity index (χ1v) is 6.74. The Morgan fingerprint density at radius 1 is 1.58 bits per heavy atom. The lowest BCUT2D eigenvalue weighted by molar-refractivity contribution is 0.234. The molecule has 6 heteroatoms. The molecule has 0 unspecified atom stereocenters. The Bertz CT molecular complexity index is 621. The van der Waals surface area contributed by atoms with Gasteiger partial charge in [-0.3, -0.25) is 0 Å². The number of hydrogen-bond acceptors (Lipinski definition) is 5. The molecule has 2 heterocycles. The van der Waals surface area contributed by atoms with Crippen LogP contribution in [0.3, 0.4) is 0 Å². The molecular weight excluding hydrogens is 260 g/mol. The highest BCUT2D eigenvalue weighted by molar-refractivity contribution is 7.14. The highest BCUT2D eigenvalue weighted by atomic mass is 32.1. The molecule has 2 N–H and O–H groups in total. The van der Waals surface area contributed by atoms with Crippen molar-refractivity contribution in [3.8, 4) is 17.5 Å². The van der Waals surface area contributed by atoms with Crippen LogP contribution in [0.1, 0.15) is 19.4 Å². The number of nitrogens with one attached hydrogen (secondary N) is 1. The van der Waals surface area contributed by atoms with Crippen LogP contribution in [0.25, 0.3) is 11.4 Å². The number of aromatic nitrogens is 2. The summed E-state index contributed by atoms with van der Waals surface area (Å²) in [7, 11) is 1.89. The third-order valence-electron chi connectivity index (χ3n) is 2.74. The fourth-order valence-electron chi connectivity index (χ4n) is 1.66. The van der Waals surface area contributed by atoms with Crippen molar-refractivity contribution in [1.82, 2.24) is 9.55 Å². The highest BCUT2D eigenvalue weighted by Crippen LogP contribution is 2.27. The van der Waals surface area contributed by atoms with Crippen LogP contribution in [-0.4, -0.2) is 26.8 Å². The van der Waals surface area contributed by atoms with Crippen LogP contribution < -0.4 is 5.32 Å². The smallest absolute Gasteiger partial charge is 0.183 e. The lowest BCUT2D eigenvalue weighted by atomic mass is 10.1. The van der Waals surface area contributed by atoms with Crippen LogP contribution in [0.15, 0.2) is 17.6 Å². The van der Waals surface area contributed by atoms with E-state index in [1.165, 1.54) is 11.3 Å². The second-order valence-electron chi connectivity index (χ2n) is 5.04. The number of anilines is 1. The number of nitrogens with zero attached hydrogens (tertiary/aromatic N) is 3. The van der Waals surface area contributed by atoms with E-state index >= 15 is 0 Å². The average Bonchev–Trinajstić information content (AvgIpc) is 2.95. The van der Waals surface area contributed by atoms with E-state index in [-0.39, 0.29) is 6.61 Å². The van der Waals surface area contributed by atoms with E-state index in [1.54, 1.807) is 6.20 Å². The fraction of sp³-hybridized carbons (Fsp3) is 0.385. The minimum absolute atomic E-state index is 0.0324. The monoisotopic (exact) mass is 276 g/mol. The van der Waals surface area contributed by atoms with Crippen molar-refractivity contribution in [2.75, 3.05) is 11.9 Å². The molecule has 19 heavy (non-hydrogen) atoms. The molecule has 0 radical (unpaired) electrons. The van der Waals surface area contributed by atoms with Crippen LogP contribution in [0.2, 0.25) is 0 Å². The fourth-order valence-corrected chi connectivity index (χ4v) is 2.54. The van der Waals surface area contributed by atoms with Crippen LogP contribution in [0.4, 0.5) is 5.13 Å². The molecule has 100 valence electrons. The molecule has 2 rings (SSSR count). The molecular formula is C13H16N4OS. The maximum absolute atomic E-state index is 9.23. The van der Waals surface area contributed by atoms with Crippen molar-refractivity contribution < 1.29 is 5.11 Å². The number of hydrogen-bond donors (Lipinski definition) is 2. The van der Waals surface area contributed by atoms with Gasteiger partial charge in [-0.25, -0.2) is 4.98 Å². The van der Waals surface area contributed by atoms with Gasteiger partial charge in [-0.1, -0.05) is 0 Å². The van der Waals surface area contributed by atoms with Crippen molar-refractivity contribution in [3.05, 3.63) is 23.2 Å². The van der Waals surface area contributed by atoms with Crippen LogP contribution in [0, 0.1) is 11.3 Å². The van der Waals surface area contributed by atoms with Crippen molar-refractivity contribution in [2.24, 2.45) is 7.05 Å². The number of nitriles is 1. The van der Waals surface area contributed by atoms with Crippen LogP contribution in [-0.2, 0) is 7.05 Å². The minimum atomic E-state index is -0.402. The van der Waals surface area contributed by atoms with Gasteiger partial charge in [0.25, 0.3) is 0 Å². The third-order valence-corrected chi connectivity index (χ3v) is 3.50. The molecule has 0 aliphatic carbocycles. The standard InChI is InChI=1S/C13H16N4OS/c1-13(2,8-18)16-12-15-10(7-19-12)11-4-9(5-14)6-17(11)3/h4,6-7,18H,8H2,1-3H3,(H,15,16). The van der Waals surface area contributed by atoms with E-state index in [0.29, 0.717) is 5.56 Å². The van der Waals surface area contributed by atoms with Gasteiger partial charge in [0, 0.05) is 18.6 Å². The summed E-state index contributed by atoms with van der Waals surface area (Å²) in [5, 5.41) is 24.0. The van der Waals surface area contributed by atoms with E-state index in [9.17, 15) is 5.11 Å². The summed E-state index contributed by atoms with van der Waals surface area (Å²) in [5.41, 5.74) is 1.95. The third kappa shape index (κ3) is 2.95. The van der Waals surface area contributed by atoms with E-state index < -0.39 is 5.54 Å². The first-order chi connectivity index (χ1) is 8.95. The van der Waals surface area contributed by atoms with Gasteiger partial charge in [0.1, 0.15) is 6.07 Å². The van der Waals surface area contributed by atoms with Gasteiger partial charge in [-0.05, 0) is 19.9 Å². The summed E-state index contributed by atoms with van der Waals surface area (Å²) in [6, 6.07) is 3.93. The maximum Gasteiger partial charge on any atom is 0.183 e. The predicted octanol–water partition coefficient (Wildman–Crippen LogP) is 2.20. The zero-order valence-corrected chi connectivity index (χ0v) is 12.0. The van der Waals surface area contributed by atoms with E-state index in [0.717, 1.165) is 16.5 Å². The molecule has 0 aliphatic rings. The van der Waals surface area contributed by atoms with Crippen molar-refractivity contribution in [2.45, 2.75) is 19.4 Å². The molecule has 0 aromatic carbocycles. The summed E-state index contributed by atoms with van der Waals surface area (Å²) < 4.78 is 1.88. The second kappa shape index (κ2) is 5.03. The summed E-state index contributed by atoms with van der Waals surface area (Å²) >= 11 is 1.48. The lowest BCUT2D eigenvalue weighted by Crippen LogP contribution is -2.34. The Kier molecular flexibility index (Phi) is 3.60. The maximum atomic E-state index is 9.23. The van der Waals surface area contributed by atoms with E-state index in [1.807, 2.05) is 36.9 Å². The van der Waals surface area contributed by atoms with Crippen LogP contribution >= 0.6 is 11.3 Å². The lowest BCUT2D eigenvalue weighted by Gasteiger charge is -2.22. The van der Waals surface area contributed by atoms with Gasteiger partial charge in [0.05, 0.1) is 29.1 Å². The number of thiazole rings is 1. The van der Waals surface area contributed by atoms with Crippen LogP contribution in [0.5, 0.6) is 0 Å². The van der Waals surface area contributed by atoms with E-state index in [2.05, 4.69) is 16.4 Å². The summed E-state index contributed by atoms with van der Waals surface area (Å²) in [5.74, 6) is 0. The molecule has 0 amide bonds. The Morgan fingerprint density at radius 2 is 2.32 bits per heavy atom. The molecule has 0 aliphatic heterocycles. The molecule has 0 spiro atoms. The predicted molar refractivity (Wildman–Crippen MR) is 76.0 cm³/mol. The quantitative estimate of drug-likeness (QED) is 0.898. The minimum Gasteiger partial charge on any atom is -0.394 e. The Balaban J connectivity index is 2.26. The SMILES string of the molecule is Cn1cc(C#N)cc1-c1csc(NC(C)(C)CO)n1. The second-order valence-corrected chi connectivity index (χ2v) is 5.90. The molecule has 0 bridgehead atoms. The van der Waals surface area contributed by atoms with Gasteiger partial charge < -0.3 is 15.0 Å². The summed E-state index contributed by atoms with van der Waals surface area (Å²) in [6.07, 6.45) is 1.78. The highest BCUT2D eigenvalue weighted by Gasteiger charge is 2.18.